The summed E-state index contributed by atoms with van der Waals surface area (Å²) in [4.78, 5) is 13.3. The quantitative estimate of drug-likeness (QED) is 0.803. The van der Waals surface area contributed by atoms with Crippen LogP contribution in [-0.4, -0.2) is 42.6 Å². The third-order valence-corrected chi connectivity index (χ3v) is 3.08. The van der Waals surface area contributed by atoms with Crippen LogP contribution in [0.15, 0.2) is 24.3 Å². The van der Waals surface area contributed by atoms with Crippen LogP contribution in [-0.2, 0) is 4.79 Å². The first-order chi connectivity index (χ1) is 9.04. The van der Waals surface area contributed by atoms with E-state index >= 15 is 0 Å². The van der Waals surface area contributed by atoms with Crippen LogP contribution in [0.5, 0.6) is 0 Å². The van der Waals surface area contributed by atoms with Gasteiger partial charge in [0, 0.05) is 23.7 Å². The fraction of sp³-hybridized carbons (Fsp3) is 0.500. The molecule has 2 N–H and O–H groups in total. The largest absolute Gasteiger partial charge is 0.387 e. The number of aliphatic hydroxyl groups excluding tert-OH is 1. The molecule has 106 valence electrons. The van der Waals surface area contributed by atoms with Crippen LogP contribution < -0.4 is 5.32 Å². The summed E-state index contributed by atoms with van der Waals surface area (Å²) in [6.07, 6.45) is 0.218. The van der Waals surface area contributed by atoms with Gasteiger partial charge in [-0.25, -0.2) is 0 Å². The number of carbonyl (C=O) groups excluding carboxylic acids is 1. The highest BCUT2D eigenvalue weighted by Crippen LogP contribution is 2.22. The SMILES string of the molecule is CCCNC(=O)CN(C)C[C@H](O)c1ccccc1Cl. The number of amides is 1. The lowest BCUT2D eigenvalue weighted by Gasteiger charge is -2.20. The molecule has 5 heteroatoms. The maximum Gasteiger partial charge on any atom is 0.234 e. The number of hydrogen-bond donors (Lipinski definition) is 2. The van der Waals surface area contributed by atoms with Gasteiger partial charge in [-0.05, 0) is 19.5 Å². The lowest BCUT2D eigenvalue weighted by Crippen LogP contribution is -2.37. The predicted octanol–water partition coefficient (Wildman–Crippen LogP) is 1.83. The minimum atomic E-state index is -0.697. The van der Waals surface area contributed by atoms with Gasteiger partial charge in [0.05, 0.1) is 12.6 Å². The summed E-state index contributed by atoms with van der Waals surface area (Å²) >= 11 is 6.02. The minimum Gasteiger partial charge on any atom is -0.387 e. The molecule has 0 bridgehead atoms. The molecule has 0 aromatic heterocycles. The average Bonchev–Trinajstić information content (AvgIpc) is 2.36. The van der Waals surface area contributed by atoms with Gasteiger partial charge in [0.1, 0.15) is 0 Å². The van der Waals surface area contributed by atoms with Crippen molar-refractivity contribution in [1.82, 2.24) is 10.2 Å². The van der Waals surface area contributed by atoms with E-state index in [2.05, 4.69) is 5.32 Å². The standard InChI is InChI=1S/C14H21ClN2O2/c1-3-8-16-14(19)10-17(2)9-13(18)11-6-4-5-7-12(11)15/h4-7,13,18H,3,8-10H2,1-2H3,(H,16,19)/t13-/m0/s1. The maximum atomic E-state index is 11.5. The molecule has 0 fully saturated rings. The normalized spacial score (nSPS) is 12.5. The van der Waals surface area contributed by atoms with E-state index in [9.17, 15) is 9.90 Å². The van der Waals surface area contributed by atoms with E-state index in [1.54, 1.807) is 24.1 Å². The summed E-state index contributed by atoms with van der Waals surface area (Å²) in [5.74, 6) is -0.0318. The number of halogens is 1. The highest BCUT2D eigenvalue weighted by Gasteiger charge is 2.15. The molecule has 0 aliphatic carbocycles. The Morgan fingerprint density at radius 3 is 2.79 bits per heavy atom. The summed E-state index contributed by atoms with van der Waals surface area (Å²) in [5, 5.41) is 13.4. The molecular formula is C14H21ClN2O2. The molecule has 0 aliphatic heterocycles. The lowest BCUT2D eigenvalue weighted by molar-refractivity contribution is -0.122. The van der Waals surface area contributed by atoms with Crippen molar-refractivity contribution in [2.45, 2.75) is 19.4 Å². The van der Waals surface area contributed by atoms with E-state index in [0.717, 1.165) is 6.42 Å². The molecule has 1 aromatic carbocycles. The molecule has 1 aromatic rings. The van der Waals surface area contributed by atoms with Gasteiger partial charge < -0.3 is 10.4 Å². The number of likely N-dealkylation sites (N-methyl/N-ethyl adjacent to an activating group) is 1. The Bertz CT molecular complexity index is 412. The molecule has 1 amide bonds. The molecular weight excluding hydrogens is 264 g/mol. The van der Waals surface area contributed by atoms with Crippen LogP contribution >= 0.6 is 11.6 Å². The zero-order valence-electron chi connectivity index (χ0n) is 11.4. The van der Waals surface area contributed by atoms with Crippen molar-refractivity contribution in [3.8, 4) is 0 Å². The van der Waals surface area contributed by atoms with Gasteiger partial charge in [0.25, 0.3) is 0 Å². The second-order valence-corrected chi connectivity index (χ2v) is 4.99. The fourth-order valence-corrected chi connectivity index (χ4v) is 2.03. The van der Waals surface area contributed by atoms with Crippen LogP contribution in [0, 0.1) is 0 Å². The van der Waals surface area contributed by atoms with Crippen molar-refractivity contribution in [2.75, 3.05) is 26.7 Å². The number of carbonyl (C=O) groups is 1. The summed E-state index contributed by atoms with van der Waals surface area (Å²) < 4.78 is 0. The zero-order valence-corrected chi connectivity index (χ0v) is 12.2. The smallest absolute Gasteiger partial charge is 0.234 e. The Morgan fingerprint density at radius 2 is 2.16 bits per heavy atom. The second-order valence-electron chi connectivity index (χ2n) is 4.58. The molecule has 0 saturated carbocycles. The third kappa shape index (κ3) is 5.59. The molecule has 19 heavy (non-hydrogen) atoms. The molecule has 0 saturated heterocycles. The molecule has 0 spiro atoms. The highest BCUT2D eigenvalue weighted by atomic mass is 35.5. The van der Waals surface area contributed by atoms with Crippen LogP contribution in [0.2, 0.25) is 5.02 Å². The first kappa shape index (κ1) is 16.0. The van der Waals surface area contributed by atoms with Crippen LogP contribution in [0.25, 0.3) is 0 Å². The topological polar surface area (TPSA) is 52.6 Å². The van der Waals surface area contributed by atoms with E-state index in [0.29, 0.717) is 23.7 Å². The average molecular weight is 285 g/mol. The van der Waals surface area contributed by atoms with Crippen molar-refractivity contribution in [1.29, 1.82) is 0 Å². The van der Waals surface area contributed by atoms with E-state index in [4.69, 9.17) is 11.6 Å². The number of hydrogen-bond acceptors (Lipinski definition) is 3. The van der Waals surface area contributed by atoms with E-state index in [-0.39, 0.29) is 12.5 Å². The predicted molar refractivity (Wildman–Crippen MR) is 77.2 cm³/mol. The zero-order chi connectivity index (χ0) is 14.3. The summed E-state index contributed by atoms with van der Waals surface area (Å²) in [6, 6.07) is 7.19. The first-order valence-corrected chi connectivity index (χ1v) is 6.80. The third-order valence-electron chi connectivity index (χ3n) is 2.73. The molecule has 0 aliphatic rings. The molecule has 4 nitrogen and oxygen atoms in total. The van der Waals surface area contributed by atoms with Gasteiger partial charge in [0.15, 0.2) is 0 Å². The summed E-state index contributed by atoms with van der Waals surface area (Å²) in [7, 11) is 1.80. The summed E-state index contributed by atoms with van der Waals surface area (Å²) in [5.41, 5.74) is 0.685. The van der Waals surface area contributed by atoms with E-state index < -0.39 is 6.10 Å². The Balaban J connectivity index is 2.46. The van der Waals surface area contributed by atoms with Gasteiger partial charge in [-0.1, -0.05) is 36.7 Å². The number of rotatable bonds is 7. The lowest BCUT2D eigenvalue weighted by atomic mass is 10.1. The van der Waals surface area contributed by atoms with Crippen molar-refractivity contribution < 1.29 is 9.90 Å². The highest BCUT2D eigenvalue weighted by molar-refractivity contribution is 6.31. The molecule has 0 heterocycles. The molecule has 0 unspecified atom stereocenters. The monoisotopic (exact) mass is 284 g/mol. The van der Waals surface area contributed by atoms with Gasteiger partial charge in [0.2, 0.25) is 5.91 Å². The van der Waals surface area contributed by atoms with Crippen molar-refractivity contribution in [3.63, 3.8) is 0 Å². The number of aliphatic hydroxyl groups is 1. The van der Waals surface area contributed by atoms with E-state index in [1.165, 1.54) is 0 Å². The number of benzene rings is 1. The maximum absolute atomic E-state index is 11.5. The fourth-order valence-electron chi connectivity index (χ4n) is 1.77. The minimum absolute atomic E-state index is 0.0318. The molecule has 1 atom stereocenters. The first-order valence-electron chi connectivity index (χ1n) is 6.42. The van der Waals surface area contributed by atoms with Crippen molar-refractivity contribution in [3.05, 3.63) is 34.9 Å². The van der Waals surface area contributed by atoms with Crippen molar-refractivity contribution in [2.24, 2.45) is 0 Å². The molecule has 1 rings (SSSR count). The number of nitrogens with zero attached hydrogens (tertiary/aromatic N) is 1. The van der Waals surface area contributed by atoms with Crippen LogP contribution in [0.1, 0.15) is 25.0 Å². The van der Waals surface area contributed by atoms with Crippen LogP contribution in [0.4, 0.5) is 0 Å². The Kier molecular flexibility index (Phi) is 6.84. The number of nitrogens with one attached hydrogen (secondary N) is 1. The Morgan fingerprint density at radius 1 is 1.47 bits per heavy atom. The Labute approximate surface area is 119 Å². The molecule has 0 radical (unpaired) electrons. The van der Waals surface area contributed by atoms with E-state index in [1.807, 2.05) is 19.1 Å². The second kappa shape index (κ2) is 8.15. The Hall–Kier alpha value is -1.10. The van der Waals surface area contributed by atoms with Gasteiger partial charge in [-0.15, -0.1) is 0 Å². The van der Waals surface area contributed by atoms with Gasteiger partial charge in [-0.3, -0.25) is 9.69 Å². The van der Waals surface area contributed by atoms with Crippen LogP contribution in [0.3, 0.4) is 0 Å². The van der Waals surface area contributed by atoms with Crippen molar-refractivity contribution >= 4 is 17.5 Å². The summed E-state index contributed by atoms with van der Waals surface area (Å²) in [6.45, 7) is 3.32. The van der Waals surface area contributed by atoms with Gasteiger partial charge in [-0.2, -0.15) is 0 Å². The van der Waals surface area contributed by atoms with Gasteiger partial charge >= 0.3 is 0 Å².